The number of aromatic nitrogens is 2. The van der Waals surface area contributed by atoms with Gasteiger partial charge < -0.3 is 5.73 Å². The van der Waals surface area contributed by atoms with Gasteiger partial charge in [0.2, 0.25) is 5.95 Å². The third kappa shape index (κ3) is 3.30. The van der Waals surface area contributed by atoms with Gasteiger partial charge in [-0.2, -0.15) is 0 Å². The molecule has 0 aromatic carbocycles. The molecule has 6 heteroatoms. The number of nitrogens with two attached hydrogens (primary N) is 1. The molecule has 0 fully saturated rings. The van der Waals surface area contributed by atoms with Gasteiger partial charge in [0.1, 0.15) is 10.3 Å². The van der Waals surface area contributed by atoms with Crippen LogP contribution in [0.2, 0.25) is 0 Å². The van der Waals surface area contributed by atoms with Gasteiger partial charge in [-0.1, -0.05) is 11.8 Å². The zero-order valence-corrected chi connectivity index (χ0v) is 10.2. The number of carbonyl (C=O) groups excluding carboxylic acids is 2. The lowest BCUT2D eigenvalue weighted by Crippen LogP contribution is -2.22. The molecule has 0 aliphatic rings. The van der Waals surface area contributed by atoms with Crippen LogP contribution in [0.5, 0.6) is 0 Å². The van der Waals surface area contributed by atoms with Crippen molar-refractivity contribution in [1.82, 2.24) is 9.97 Å². The molecule has 1 aromatic heterocycles. The normalized spacial score (nSPS) is 10.5. The Labute approximate surface area is 97.8 Å². The van der Waals surface area contributed by atoms with E-state index in [1.54, 1.807) is 13.0 Å². The summed E-state index contributed by atoms with van der Waals surface area (Å²) >= 11 is 1.10. The molecule has 0 unspecified atom stereocenters. The second kappa shape index (κ2) is 5.07. The van der Waals surface area contributed by atoms with E-state index in [9.17, 15) is 9.59 Å². The number of hydrogen-bond donors (Lipinski definition) is 1. The van der Waals surface area contributed by atoms with E-state index in [1.807, 2.05) is 0 Å². The highest BCUT2D eigenvalue weighted by Gasteiger charge is 2.21. The number of Topliss-reactive ketones (excluding diaryl/α,β-unsaturated/α-hetero) is 2. The molecule has 5 nitrogen and oxygen atoms in total. The quantitative estimate of drug-likeness (QED) is 0.479. The summed E-state index contributed by atoms with van der Waals surface area (Å²) in [6, 6.07) is 1.69. The van der Waals surface area contributed by atoms with Gasteiger partial charge in [0.15, 0.2) is 11.6 Å². The van der Waals surface area contributed by atoms with Gasteiger partial charge in [0.25, 0.3) is 0 Å². The Balaban J connectivity index is 2.93. The standard InChI is InChI=1S/C10H13N3O2S/c1-5-4-8(13-10(11)12-5)16-9(6(2)14)7(3)15/h4,9H,1-3H3,(H2,11,12,13). The molecule has 0 saturated heterocycles. The highest BCUT2D eigenvalue weighted by atomic mass is 32.2. The average Bonchev–Trinajstić information content (AvgIpc) is 2.11. The van der Waals surface area contributed by atoms with Crippen LogP contribution in [0.25, 0.3) is 0 Å². The maximum absolute atomic E-state index is 11.2. The number of anilines is 1. The number of nitrogen functional groups attached to an aromatic ring is 1. The molecule has 1 rings (SSSR count). The first-order valence-corrected chi connectivity index (χ1v) is 5.57. The summed E-state index contributed by atoms with van der Waals surface area (Å²) < 4.78 is 0. The van der Waals surface area contributed by atoms with E-state index in [2.05, 4.69) is 9.97 Å². The van der Waals surface area contributed by atoms with Crippen LogP contribution in [0.15, 0.2) is 11.1 Å². The summed E-state index contributed by atoms with van der Waals surface area (Å²) in [5, 5.41) is -0.172. The van der Waals surface area contributed by atoms with Crippen LogP contribution in [0.1, 0.15) is 19.5 Å². The van der Waals surface area contributed by atoms with Crippen LogP contribution in [-0.4, -0.2) is 26.8 Å². The van der Waals surface area contributed by atoms with E-state index in [0.717, 1.165) is 11.8 Å². The predicted octanol–water partition coefficient (Wildman–Crippen LogP) is 1.01. The molecule has 0 saturated carbocycles. The maximum atomic E-state index is 11.2. The Kier molecular flexibility index (Phi) is 4.00. The third-order valence-corrected chi connectivity index (χ3v) is 3.18. The van der Waals surface area contributed by atoms with E-state index in [1.165, 1.54) is 13.8 Å². The number of rotatable bonds is 4. The van der Waals surface area contributed by atoms with Crippen molar-refractivity contribution < 1.29 is 9.59 Å². The Hall–Kier alpha value is -1.43. The Morgan fingerprint density at radius 1 is 1.31 bits per heavy atom. The summed E-state index contributed by atoms with van der Waals surface area (Å²) in [4.78, 5) is 30.4. The number of nitrogens with zero attached hydrogens (tertiary/aromatic N) is 2. The topological polar surface area (TPSA) is 85.9 Å². The summed E-state index contributed by atoms with van der Waals surface area (Å²) in [5.41, 5.74) is 6.19. The van der Waals surface area contributed by atoms with Crippen molar-refractivity contribution in [3.63, 3.8) is 0 Å². The van der Waals surface area contributed by atoms with E-state index >= 15 is 0 Å². The molecule has 0 atom stereocenters. The molecular formula is C10H13N3O2S. The molecule has 86 valence electrons. The van der Waals surface area contributed by atoms with Crippen molar-refractivity contribution in [2.45, 2.75) is 31.0 Å². The lowest BCUT2D eigenvalue weighted by molar-refractivity contribution is -0.123. The first-order valence-electron chi connectivity index (χ1n) is 4.69. The number of thioether (sulfide) groups is 1. The molecule has 1 heterocycles. The Morgan fingerprint density at radius 3 is 2.31 bits per heavy atom. The fraction of sp³-hybridized carbons (Fsp3) is 0.400. The smallest absolute Gasteiger partial charge is 0.221 e. The minimum absolute atomic E-state index is 0.147. The largest absolute Gasteiger partial charge is 0.368 e. The van der Waals surface area contributed by atoms with Crippen LogP contribution in [0, 0.1) is 6.92 Å². The number of ketones is 2. The summed E-state index contributed by atoms with van der Waals surface area (Å²) in [6.45, 7) is 4.55. The number of aryl methyl sites for hydroxylation is 1. The summed E-state index contributed by atoms with van der Waals surface area (Å²) in [5.74, 6) is -0.229. The minimum atomic E-state index is -0.714. The molecule has 2 N–H and O–H groups in total. The van der Waals surface area contributed by atoms with Gasteiger partial charge in [-0.15, -0.1) is 0 Å². The molecule has 0 radical (unpaired) electrons. The van der Waals surface area contributed by atoms with Crippen molar-refractivity contribution in [2.24, 2.45) is 0 Å². The van der Waals surface area contributed by atoms with Crippen molar-refractivity contribution in [3.05, 3.63) is 11.8 Å². The fourth-order valence-electron chi connectivity index (χ4n) is 1.20. The molecule has 0 spiro atoms. The summed E-state index contributed by atoms with van der Waals surface area (Å²) in [7, 11) is 0. The molecule has 0 amide bonds. The molecular weight excluding hydrogens is 226 g/mol. The SMILES string of the molecule is CC(=O)C(Sc1cc(C)nc(N)n1)C(C)=O. The van der Waals surface area contributed by atoms with Crippen molar-refractivity contribution >= 4 is 29.3 Å². The van der Waals surface area contributed by atoms with Crippen molar-refractivity contribution in [3.8, 4) is 0 Å². The van der Waals surface area contributed by atoms with Crippen molar-refractivity contribution in [1.29, 1.82) is 0 Å². The lowest BCUT2D eigenvalue weighted by Gasteiger charge is -2.09. The molecule has 1 aromatic rings. The minimum Gasteiger partial charge on any atom is -0.368 e. The first kappa shape index (κ1) is 12.6. The zero-order valence-electron chi connectivity index (χ0n) is 9.35. The van der Waals surface area contributed by atoms with Gasteiger partial charge in [-0.05, 0) is 26.8 Å². The highest BCUT2D eigenvalue weighted by Crippen LogP contribution is 2.23. The lowest BCUT2D eigenvalue weighted by atomic mass is 10.2. The molecule has 0 bridgehead atoms. The van der Waals surface area contributed by atoms with Gasteiger partial charge in [0, 0.05) is 5.69 Å². The van der Waals surface area contributed by atoms with Crippen LogP contribution >= 0.6 is 11.8 Å². The van der Waals surface area contributed by atoms with Crippen LogP contribution < -0.4 is 5.73 Å². The number of carbonyl (C=O) groups is 2. The molecule has 0 aliphatic heterocycles. The maximum Gasteiger partial charge on any atom is 0.221 e. The first-order chi connectivity index (χ1) is 7.40. The fourth-order valence-corrected chi connectivity index (χ4v) is 2.15. The number of hydrogen-bond acceptors (Lipinski definition) is 6. The van der Waals surface area contributed by atoms with Gasteiger partial charge in [0.05, 0.1) is 0 Å². The van der Waals surface area contributed by atoms with Crippen LogP contribution in [0.4, 0.5) is 5.95 Å². The monoisotopic (exact) mass is 239 g/mol. The van der Waals surface area contributed by atoms with E-state index < -0.39 is 5.25 Å². The van der Waals surface area contributed by atoms with Crippen molar-refractivity contribution in [2.75, 3.05) is 5.73 Å². The van der Waals surface area contributed by atoms with Crippen LogP contribution in [0.3, 0.4) is 0 Å². The molecule has 0 aliphatic carbocycles. The Morgan fingerprint density at radius 2 is 1.88 bits per heavy atom. The predicted molar refractivity (Wildman–Crippen MR) is 62.2 cm³/mol. The Bertz CT molecular complexity index is 400. The highest BCUT2D eigenvalue weighted by molar-refractivity contribution is 8.01. The third-order valence-electron chi connectivity index (χ3n) is 1.83. The van der Waals surface area contributed by atoms with Crippen LogP contribution in [-0.2, 0) is 9.59 Å². The van der Waals surface area contributed by atoms with Gasteiger partial charge >= 0.3 is 0 Å². The van der Waals surface area contributed by atoms with Gasteiger partial charge in [-0.3, -0.25) is 9.59 Å². The van der Waals surface area contributed by atoms with E-state index in [-0.39, 0.29) is 17.5 Å². The van der Waals surface area contributed by atoms with Gasteiger partial charge in [-0.25, -0.2) is 9.97 Å². The second-order valence-electron chi connectivity index (χ2n) is 3.42. The summed E-state index contributed by atoms with van der Waals surface area (Å²) in [6.07, 6.45) is 0. The second-order valence-corrected chi connectivity index (χ2v) is 4.55. The molecule has 16 heavy (non-hydrogen) atoms. The zero-order chi connectivity index (χ0) is 12.3. The van der Waals surface area contributed by atoms with E-state index in [4.69, 9.17) is 5.73 Å². The average molecular weight is 239 g/mol. The van der Waals surface area contributed by atoms with E-state index in [0.29, 0.717) is 10.7 Å².